The highest BCUT2D eigenvalue weighted by Crippen LogP contribution is 2.46. The molecule has 3 nitrogen and oxygen atoms in total. The molecule has 2 aliphatic rings. The van der Waals surface area contributed by atoms with Gasteiger partial charge in [0, 0.05) is 13.1 Å². The number of hydrogen-bond acceptors (Lipinski definition) is 3. The molecule has 1 spiro atoms. The summed E-state index contributed by atoms with van der Waals surface area (Å²) < 4.78 is 0. The quantitative estimate of drug-likeness (QED) is 0.897. The number of nitrogens with zero attached hydrogens (tertiary/aromatic N) is 2. The maximum Gasteiger partial charge on any atom is 0.126 e. The fourth-order valence-electron chi connectivity index (χ4n) is 3.90. The van der Waals surface area contributed by atoms with Gasteiger partial charge in [0.15, 0.2) is 0 Å². The van der Waals surface area contributed by atoms with E-state index in [4.69, 9.17) is 11.6 Å². The average molecular weight is 308 g/mol. The highest BCUT2D eigenvalue weighted by atomic mass is 35.5. The van der Waals surface area contributed by atoms with Gasteiger partial charge in [0.05, 0.1) is 10.7 Å². The minimum Gasteiger partial charge on any atom is -0.370 e. The van der Waals surface area contributed by atoms with Crippen LogP contribution in [0.1, 0.15) is 51.1 Å². The zero-order valence-electron chi connectivity index (χ0n) is 13.0. The van der Waals surface area contributed by atoms with Crippen molar-refractivity contribution in [2.24, 2.45) is 5.41 Å². The monoisotopic (exact) mass is 307 g/mol. The van der Waals surface area contributed by atoms with Gasteiger partial charge in [-0.3, -0.25) is 4.90 Å². The van der Waals surface area contributed by atoms with Crippen molar-refractivity contribution >= 4 is 17.4 Å². The van der Waals surface area contributed by atoms with Crippen LogP contribution in [0.25, 0.3) is 0 Å². The third-order valence-corrected chi connectivity index (χ3v) is 5.57. The summed E-state index contributed by atoms with van der Waals surface area (Å²) in [7, 11) is 0. The summed E-state index contributed by atoms with van der Waals surface area (Å²) in [5.41, 5.74) is 1.69. The van der Waals surface area contributed by atoms with Crippen molar-refractivity contribution in [1.29, 1.82) is 0 Å². The Morgan fingerprint density at radius 2 is 1.90 bits per heavy atom. The molecule has 116 valence electrons. The van der Waals surface area contributed by atoms with Crippen LogP contribution in [0.15, 0.2) is 12.1 Å². The van der Waals surface area contributed by atoms with E-state index < -0.39 is 0 Å². The first-order valence-electron chi connectivity index (χ1n) is 8.32. The maximum absolute atomic E-state index is 6.32. The molecule has 0 radical (unpaired) electrons. The fourth-order valence-corrected chi connectivity index (χ4v) is 4.06. The smallest absolute Gasteiger partial charge is 0.126 e. The average Bonchev–Trinajstić information content (AvgIpc) is 2.94. The van der Waals surface area contributed by atoms with Crippen LogP contribution in [0.4, 0.5) is 5.82 Å². The standard InChI is InChI=1S/C17H26ClN3/c1-2-19-16-6-5-14(18)15(20-16)13-21-11-9-17(10-12-21)7-3-4-8-17/h5-6H,2-4,7-13H2,1H3,(H,19,20). The van der Waals surface area contributed by atoms with Gasteiger partial charge in [-0.15, -0.1) is 0 Å². The first-order valence-corrected chi connectivity index (χ1v) is 8.70. The number of nitrogens with one attached hydrogen (secondary N) is 1. The number of halogens is 1. The van der Waals surface area contributed by atoms with Gasteiger partial charge >= 0.3 is 0 Å². The zero-order chi connectivity index (χ0) is 14.7. The topological polar surface area (TPSA) is 28.2 Å². The highest BCUT2D eigenvalue weighted by Gasteiger charge is 2.36. The molecule has 0 amide bonds. The molecule has 1 aromatic rings. The number of hydrogen-bond donors (Lipinski definition) is 1. The summed E-state index contributed by atoms with van der Waals surface area (Å²) >= 11 is 6.32. The van der Waals surface area contributed by atoms with Gasteiger partial charge in [-0.25, -0.2) is 4.98 Å². The minimum atomic E-state index is 0.680. The Bertz CT molecular complexity index is 473. The van der Waals surface area contributed by atoms with Crippen LogP contribution in [-0.4, -0.2) is 29.5 Å². The van der Waals surface area contributed by atoms with Gasteiger partial charge in [-0.1, -0.05) is 24.4 Å². The molecule has 4 heteroatoms. The van der Waals surface area contributed by atoms with E-state index in [1.54, 1.807) is 0 Å². The Morgan fingerprint density at radius 3 is 2.57 bits per heavy atom. The van der Waals surface area contributed by atoms with Crippen molar-refractivity contribution in [3.8, 4) is 0 Å². The molecule has 2 heterocycles. The van der Waals surface area contributed by atoms with Crippen molar-refractivity contribution < 1.29 is 0 Å². The summed E-state index contributed by atoms with van der Waals surface area (Å²) in [5, 5.41) is 4.05. The van der Waals surface area contributed by atoms with Gasteiger partial charge in [0.2, 0.25) is 0 Å². The van der Waals surface area contributed by atoms with E-state index in [-0.39, 0.29) is 0 Å². The molecule has 1 aliphatic heterocycles. The molecule has 2 fully saturated rings. The highest BCUT2D eigenvalue weighted by molar-refractivity contribution is 6.31. The molecule has 1 saturated heterocycles. The molecule has 1 aliphatic carbocycles. The van der Waals surface area contributed by atoms with Crippen LogP contribution in [0.2, 0.25) is 5.02 Å². The van der Waals surface area contributed by atoms with Crippen LogP contribution in [0.3, 0.4) is 0 Å². The van der Waals surface area contributed by atoms with E-state index in [1.807, 2.05) is 12.1 Å². The molecule has 21 heavy (non-hydrogen) atoms. The molecule has 1 N–H and O–H groups in total. The van der Waals surface area contributed by atoms with Crippen molar-refractivity contribution in [2.45, 2.75) is 52.0 Å². The molecule has 1 aromatic heterocycles. The fraction of sp³-hybridized carbons (Fsp3) is 0.706. The van der Waals surface area contributed by atoms with Crippen molar-refractivity contribution in [3.63, 3.8) is 0 Å². The SMILES string of the molecule is CCNc1ccc(Cl)c(CN2CCC3(CCCC3)CC2)n1. The molecule has 0 aromatic carbocycles. The molecular formula is C17H26ClN3. The van der Waals surface area contributed by atoms with Gasteiger partial charge < -0.3 is 5.32 Å². The predicted octanol–water partition coefficient (Wildman–Crippen LogP) is 4.32. The Kier molecular flexibility index (Phi) is 4.70. The number of anilines is 1. The van der Waals surface area contributed by atoms with E-state index in [9.17, 15) is 0 Å². The minimum absolute atomic E-state index is 0.680. The second-order valence-electron chi connectivity index (χ2n) is 6.64. The van der Waals surface area contributed by atoms with Gasteiger partial charge in [0.25, 0.3) is 0 Å². The summed E-state index contributed by atoms with van der Waals surface area (Å²) in [6.07, 6.45) is 8.51. The van der Waals surface area contributed by atoms with Gasteiger partial charge in [-0.05, 0) is 63.2 Å². The summed E-state index contributed by atoms with van der Waals surface area (Å²) in [6, 6.07) is 3.92. The molecule has 0 bridgehead atoms. The van der Waals surface area contributed by atoms with Crippen molar-refractivity contribution in [3.05, 3.63) is 22.8 Å². The van der Waals surface area contributed by atoms with E-state index >= 15 is 0 Å². The van der Waals surface area contributed by atoms with Crippen LogP contribution in [-0.2, 0) is 6.54 Å². The molecule has 1 saturated carbocycles. The second kappa shape index (κ2) is 6.53. The lowest BCUT2D eigenvalue weighted by Gasteiger charge is -2.39. The number of pyridine rings is 1. The number of likely N-dealkylation sites (tertiary alicyclic amines) is 1. The van der Waals surface area contributed by atoms with E-state index in [2.05, 4.69) is 22.1 Å². The van der Waals surface area contributed by atoms with Crippen LogP contribution >= 0.6 is 11.6 Å². The Hall–Kier alpha value is -0.800. The lowest BCUT2D eigenvalue weighted by Crippen LogP contribution is -2.38. The van der Waals surface area contributed by atoms with Gasteiger partial charge in [0.1, 0.15) is 5.82 Å². The molecule has 0 atom stereocenters. The van der Waals surface area contributed by atoms with E-state index in [0.717, 1.165) is 29.6 Å². The Balaban J connectivity index is 1.61. The van der Waals surface area contributed by atoms with Crippen LogP contribution < -0.4 is 5.32 Å². The lowest BCUT2D eigenvalue weighted by atomic mass is 9.77. The largest absolute Gasteiger partial charge is 0.370 e. The summed E-state index contributed by atoms with van der Waals surface area (Å²) in [5.74, 6) is 0.932. The van der Waals surface area contributed by atoms with Crippen LogP contribution in [0, 0.1) is 5.41 Å². The second-order valence-corrected chi connectivity index (χ2v) is 7.05. The van der Waals surface area contributed by atoms with Crippen LogP contribution in [0.5, 0.6) is 0 Å². The van der Waals surface area contributed by atoms with E-state index in [1.165, 1.54) is 51.6 Å². The number of rotatable bonds is 4. The number of piperidine rings is 1. The number of aromatic nitrogens is 1. The van der Waals surface area contributed by atoms with Gasteiger partial charge in [-0.2, -0.15) is 0 Å². The Morgan fingerprint density at radius 1 is 1.19 bits per heavy atom. The summed E-state index contributed by atoms with van der Waals surface area (Å²) in [6.45, 7) is 6.25. The predicted molar refractivity (Wildman–Crippen MR) is 88.8 cm³/mol. The zero-order valence-corrected chi connectivity index (χ0v) is 13.8. The first kappa shape index (κ1) is 15.1. The molecule has 0 unspecified atom stereocenters. The molecular weight excluding hydrogens is 282 g/mol. The van der Waals surface area contributed by atoms with Crippen molar-refractivity contribution in [1.82, 2.24) is 9.88 Å². The normalized spacial score (nSPS) is 21.8. The third-order valence-electron chi connectivity index (χ3n) is 5.23. The summed E-state index contributed by atoms with van der Waals surface area (Å²) in [4.78, 5) is 7.18. The first-order chi connectivity index (χ1) is 10.2. The Labute approximate surface area is 133 Å². The van der Waals surface area contributed by atoms with E-state index in [0.29, 0.717) is 5.41 Å². The lowest BCUT2D eigenvalue weighted by molar-refractivity contribution is 0.103. The third kappa shape index (κ3) is 3.51. The molecule has 3 rings (SSSR count). The maximum atomic E-state index is 6.32. The van der Waals surface area contributed by atoms with Crippen molar-refractivity contribution in [2.75, 3.05) is 25.0 Å².